The van der Waals surface area contributed by atoms with Crippen LogP contribution in [-0.4, -0.2) is 9.97 Å². The van der Waals surface area contributed by atoms with Crippen LogP contribution in [0, 0.1) is 22.2 Å². The number of hydrogen-bond acceptors (Lipinski definition) is 2. The second kappa shape index (κ2) is 6.35. The Balaban J connectivity index is 2.57. The van der Waals surface area contributed by atoms with E-state index in [1.807, 2.05) is 6.92 Å². The molecule has 5 heteroatoms. The Morgan fingerprint density at radius 3 is 2.65 bits per heavy atom. The van der Waals surface area contributed by atoms with Crippen molar-refractivity contribution in [1.82, 2.24) is 9.97 Å². The zero-order chi connectivity index (χ0) is 14.9. The van der Waals surface area contributed by atoms with Crippen LogP contribution in [0.1, 0.15) is 25.1 Å². The lowest BCUT2D eigenvalue weighted by atomic mass is 10.1. The molecule has 0 radical (unpaired) electrons. The summed E-state index contributed by atoms with van der Waals surface area (Å²) >= 11 is 8.35. The normalized spacial score (nSPS) is 11.2. The maximum atomic E-state index is 13.4. The van der Waals surface area contributed by atoms with Gasteiger partial charge in [0.05, 0.1) is 9.26 Å². The van der Waals surface area contributed by atoms with Crippen molar-refractivity contribution in [2.24, 2.45) is 5.92 Å². The van der Waals surface area contributed by atoms with E-state index in [9.17, 15) is 4.39 Å². The van der Waals surface area contributed by atoms with E-state index in [0.717, 1.165) is 21.2 Å². The highest BCUT2D eigenvalue weighted by atomic mass is 127. The van der Waals surface area contributed by atoms with Crippen LogP contribution in [0.25, 0.3) is 11.4 Å². The Bertz CT molecular complexity index is 644. The van der Waals surface area contributed by atoms with Gasteiger partial charge in [-0.1, -0.05) is 31.5 Å². The number of halogens is 3. The molecular formula is C15H15ClFIN2. The van der Waals surface area contributed by atoms with Gasteiger partial charge >= 0.3 is 0 Å². The average Bonchev–Trinajstić information content (AvgIpc) is 2.37. The van der Waals surface area contributed by atoms with Crippen LogP contribution in [0.3, 0.4) is 0 Å². The molecule has 2 rings (SSSR count). The highest BCUT2D eigenvalue weighted by molar-refractivity contribution is 14.1. The van der Waals surface area contributed by atoms with Crippen molar-refractivity contribution in [3.63, 3.8) is 0 Å². The predicted molar refractivity (Wildman–Crippen MR) is 88.4 cm³/mol. The van der Waals surface area contributed by atoms with Crippen LogP contribution in [0.4, 0.5) is 4.39 Å². The second-order valence-corrected chi connectivity index (χ2v) is 6.59. The first-order valence-corrected chi connectivity index (χ1v) is 7.82. The molecule has 1 aromatic carbocycles. The Morgan fingerprint density at radius 1 is 1.30 bits per heavy atom. The zero-order valence-corrected chi connectivity index (χ0v) is 14.5. The van der Waals surface area contributed by atoms with Crippen LogP contribution in [0.5, 0.6) is 0 Å². The molecule has 1 heterocycles. The molecule has 0 unspecified atom stereocenters. The lowest BCUT2D eigenvalue weighted by Crippen LogP contribution is -2.05. The largest absolute Gasteiger partial charge is 0.232 e. The lowest BCUT2D eigenvalue weighted by molar-refractivity contribution is 0.626. The standard InChI is InChI=1S/C15H15ClFIN2/c1-8(2)6-12-13(18)14(16)20-15(19-12)11-7-10(17)5-4-9(11)3/h4-5,7-8H,6H2,1-3H3. The van der Waals surface area contributed by atoms with E-state index in [1.165, 1.54) is 12.1 Å². The first-order chi connectivity index (χ1) is 9.38. The van der Waals surface area contributed by atoms with Crippen LogP contribution in [-0.2, 0) is 6.42 Å². The number of nitrogens with zero attached hydrogens (tertiary/aromatic N) is 2. The highest BCUT2D eigenvalue weighted by Gasteiger charge is 2.15. The van der Waals surface area contributed by atoms with E-state index < -0.39 is 0 Å². The molecular weight excluding hydrogens is 390 g/mol. The van der Waals surface area contributed by atoms with Crippen molar-refractivity contribution >= 4 is 34.2 Å². The first kappa shape index (κ1) is 15.6. The summed E-state index contributed by atoms with van der Waals surface area (Å²) in [5.41, 5.74) is 2.53. The van der Waals surface area contributed by atoms with Gasteiger partial charge in [0.2, 0.25) is 0 Å². The number of aryl methyl sites for hydroxylation is 1. The van der Waals surface area contributed by atoms with Crippen molar-refractivity contribution in [3.8, 4) is 11.4 Å². The second-order valence-electron chi connectivity index (χ2n) is 5.16. The molecule has 0 atom stereocenters. The van der Waals surface area contributed by atoms with Crippen LogP contribution in [0.15, 0.2) is 18.2 Å². The summed E-state index contributed by atoms with van der Waals surface area (Å²) < 4.78 is 14.3. The van der Waals surface area contributed by atoms with Crippen LogP contribution < -0.4 is 0 Å². The molecule has 0 saturated heterocycles. The van der Waals surface area contributed by atoms with E-state index in [-0.39, 0.29) is 5.82 Å². The summed E-state index contributed by atoms with van der Waals surface area (Å²) in [5.74, 6) is 0.660. The van der Waals surface area contributed by atoms with E-state index in [1.54, 1.807) is 6.07 Å². The van der Waals surface area contributed by atoms with Gasteiger partial charge in [0.1, 0.15) is 11.0 Å². The SMILES string of the molecule is Cc1ccc(F)cc1-c1nc(Cl)c(I)c(CC(C)C)n1. The molecule has 106 valence electrons. The molecule has 0 bridgehead atoms. The molecule has 0 N–H and O–H groups in total. The summed E-state index contributed by atoms with van der Waals surface area (Å²) in [5, 5.41) is 0.426. The monoisotopic (exact) mass is 404 g/mol. The summed E-state index contributed by atoms with van der Waals surface area (Å²) in [6.07, 6.45) is 0.821. The van der Waals surface area contributed by atoms with E-state index >= 15 is 0 Å². The molecule has 0 spiro atoms. The minimum absolute atomic E-state index is 0.297. The number of benzene rings is 1. The molecule has 2 nitrogen and oxygen atoms in total. The molecule has 0 amide bonds. The number of rotatable bonds is 3. The van der Waals surface area contributed by atoms with Gasteiger partial charge in [0, 0.05) is 5.56 Å². The third-order valence-corrected chi connectivity index (χ3v) is 4.65. The maximum Gasteiger partial charge on any atom is 0.161 e. The Labute approximate surface area is 136 Å². The Kier molecular flexibility index (Phi) is 4.96. The third kappa shape index (κ3) is 3.47. The summed E-state index contributed by atoms with van der Waals surface area (Å²) in [7, 11) is 0. The maximum absolute atomic E-state index is 13.4. The molecule has 0 saturated carbocycles. The van der Waals surface area contributed by atoms with Crippen molar-refractivity contribution in [2.45, 2.75) is 27.2 Å². The lowest BCUT2D eigenvalue weighted by Gasteiger charge is -2.11. The van der Waals surface area contributed by atoms with Crippen molar-refractivity contribution in [3.05, 3.63) is 44.0 Å². The fourth-order valence-corrected chi connectivity index (χ4v) is 2.59. The molecule has 0 aliphatic heterocycles. The first-order valence-electron chi connectivity index (χ1n) is 6.37. The minimum Gasteiger partial charge on any atom is -0.232 e. The van der Waals surface area contributed by atoms with Gasteiger partial charge in [0.15, 0.2) is 5.82 Å². The van der Waals surface area contributed by atoms with Crippen molar-refractivity contribution in [2.75, 3.05) is 0 Å². The van der Waals surface area contributed by atoms with Crippen LogP contribution >= 0.6 is 34.2 Å². The average molecular weight is 405 g/mol. The minimum atomic E-state index is -0.297. The van der Waals surface area contributed by atoms with E-state index in [0.29, 0.717) is 22.5 Å². The van der Waals surface area contributed by atoms with Gasteiger partial charge in [-0.25, -0.2) is 14.4 Å². The molecule has 0 fully saturated rings. The van der Waals surface area contributed by atoms with Gasteiger partial charge in [-0.05, 0) is 59.5 Å². The topological polar surface area (TPSA) is 25.8 Å². The summed E-state index contributed by atoms with van der Waals surface area (Å²) in [4.78, 5) is 8.87. The summed E-state index contributed by atoms with van der Waals surface area (Å²) in [6, 6.07) is 4.61. The predicted octanol–water partition coefficient (Wildman–Crippen LogP) is 5.05. The van der Waals surface area contributed by atoms with E-state index in [2.05, 4.69) is 46.4 Å². The quantitative estimate of drug-likeness (QED) is 0.528. The van der Waals surface area contributed by atoms with Crippen molar-refractivity contribution in [1.29, 1.82) is 0 Å². The zero-order valence-electron chi connectivity index (χ0n) is 11.5. The fourth-order valence-electron chi connectivity index (χ4n) is 1.94. The highest BCUT2D eigenvalue weighted by Crippen LogP contribution is 2.27. The van der Waals surface area contributed by atoms with Gasteiger partial charge in [0.25, 0.3) is 0 Å². The number of hydrogen-bond donors (Lipinski definition) is 0. The molecule has 1 aromatic heterocycles. The molecule has 0 aliphatic carbocycles. The van der Waals surface area contributed by atoms with Gasteiger partial charge in [-0.15, -0.1) is 0 Å². The number of aromatic nitrogens is 2. The van der Waals surface area contributed by atoms with Crippen molar-refractivity contribution < 1.29 is 4.39 Å². The van der Waals surface area contributed by atoms with Crippen LogP contribution in [0.2, 0.25) is 5.15 Å². The molecule has 2 aromatic rings. The smallest absolute Gasteiger partial charge is 0.161 e. The third-order valence-electron chi connectivity index (χ3n) is 2.92. The molecule has 0 aliphatic rings. The van der Waals surface area contributed by atoms with Gasteiger partial charge in [-0.3, -0.25) is 0 Å². The Morgan fingerprint density at radius 2 is 2.00 bits per heavy atom. The van der Waals surface area contributed by atoms with Gasteiger partial charge in [-0.2, -0.15) is 0 Å². The van der Waals surface area contributed by atoms with Gasteiger partial charge < -0.3 is 0 Å². The molecule has 20 heavy (non-hydrogen) atoms. The summed E-state index contributed by atoms with van der Waals surface area (Å²) in [6.45, 7) is 6.16. The van der Waals surface area contributed by atoms with E-state index in [4.69, 9.17) is 11.6 Å². The fraction of sp³-hybridized carbons (Fsp3) is 0.333. The Hall–Kier alpha value is -0.750.